The molecular formula is C20H28N8O. The molecule has 2 heterocycles. The number of aromatic nitrogens is 2. The molecule has 0 saturated carbocycles. The van der Waals surface area contributed by atoms with E-state index >= 15 is 0 Å². The number of hydrogen-bond donors (Lipinski definition) is 3. The van der Waals surface area contributed by atoms with Crippen LogP contribution in [0.1, 0.15) is 18.2 Å². The van der Waals surface area contributed by atoms with Gasteiger partial charge in [-0.15, -0.1) is 0 Å². The molecule has 1 saturated heterocycles. The zero-order valence-corrected chi connectivity index (χ0v) is 17.4. The van der Waals surface area contributed by atoms with Gasteiger partial charge in [-0.2, -0.15) is 10.1 Å². The zero-order chi connectivity index (χ0) is 20.8. The second kappa shape index (κ2) is 9.33. The van der Waals surface area contributed by atoms with Crippen LogP contribution in [0.5, 0.6) is 5.75 Å². The molecule has 3 rings (SSSR count). The summed E-state index contributed by atoms with van der Waals surface area (Å²) in [6, 6.07) is 7.59. The van der Waals surface area contributed by atoms with Crippen molar-refractivity contribution in [1.82, 2.24) is 19.9 Å². The third-order valence-corrected chi connectivity index (χ3v) is 4.69. The third kappa shape index (κ3) is 5.20. The first-order valence-corrected chi connectivity index (χ1v) is 9.62. The van der Waals surface area contributed by atoms with Crippen molar-refractivity contribution in [3.8, 4) is 5.75 Å². The van der Waals surface area contributed by atoms with Gasteiger partial charge < -0.3 is 15.4 Å². The Morgan fingerprint density at radius 2 is 2.10 bits per heavy atom. The van der Waals surface area contributed by atoms with Crippen molar-refractivity contribution >= 4 is 29.5 Å². The predicted octanol–water partition coefficient (Wildman–Crippen LogP) is 2.53. The van der Waals surface area contributed by atoms with E-state index in [1.54, 1.807) is 18.3 Å². The van der Waals surface area contributed by atoms with Gasteiger partial charge in [0.25, 0.3) is 0 Å². The maximum Gasteiger partial charge on any atom is 0.229 e. The molecule has 154 valence electrons. The molecule has 0 bridgehead atoms. The van der Waals surface area contributed by atoms with Crippen LogP contribution in [0.4, 0.5) is 17.5 Å². The van der Waals surface area contributed by atoms with Crippen LogP contribution in [0.25, 0.3) is 0 Å². The van der Waals surface area contributed by atoms with Gasteiger partial charge in [-0.3, -0.25) is 10.3 Å². The van der Waals surface area contributed by atoms with Gasteiger partial charge >= 0.3 is 0 Å². The lowest BCUT2D eigenvalue weighted by Crippen LogP contribution is -2.47. The van der Waals surface area contributed by atoms with E-state index in [2.05, 4.69) is 37.5 Å². The van der Waals surface area contributed by atoms with Gasteiger partial charge in [-0.25, -0.2) is 9.99 Å². The van der Waals surface area contributed by atoms with Crippen LogP contribution in [0.2, 0.25) is 0 Å². The Kier molecular flexibility index (Phi) is 6.61. The third-order valence-electron chi connectivity index (χ3n) is 4.69. The summed E-state index contributed by atoms with van der Waals surface area (Å²) in [5.41, 5.74) is 2.50. The number of piperazine rings is 1. The first kappa shape index (κ1) is 20.5. The van der Waals surface area contributed by atoms with Crippen LogP contribution >= 0.6 is 0 Å². The number of nitrogens with one attached hydrogen (secondary N) is 3. The molecule has 0 aliphatic carbocycles. The number of benzene rings is 1. The first-order chi connectivity index (χ1) is 14.0. The minimum Gasteiger partial charge on any atom is -0.496 e. The molecule has 0 unspecified atom stereocenters. The molecule has 3 N–H and O–H groups in total. The van der Waals surface area contributed by atoms with Crippen molar-refractivity contribution in [2.24, 2.45) is 5.10 Å². The molecule has 1 fully saturated rings. The van der Waals surface area contributed by atoms with Crippen LogP contribution in [-0.4, -0.2) is 72.3 Å². The number of amidine groups is 1. The topological polar surface area (TPSA) is 102 Å². The molecule has 0 amide bonds. The van der Waals surface area contributed by atoms with Crippen LogP contribution in [-0.2, 0) is 0 Å². The smallest absolute Gasteiger partial charge is 0.229 e. The number of methoxy groups -OCH3 is 1. The van der Waals surface area contributed by atoms with Gasteiger partial charge in [0, 0.05) is 36.6 Å². The minimum atomic E-state index is 0.496. The second-order valence-electron chi connectivity index (χ2n) is 6.73. The fourth-order valence-electron chi connectivity index (χ4n) is 3.07. The highest BCUT2D eigenvalue weighted by atomic mass is 16.5. The van der Waals surface area contributed by atoms with Crippen molar-refractivity contribution in [3.63, 3.8) is 0 Å². The Labute approximate surface area is 171 Å². The van der Waals surface area contributed by atoms with E-state index in [-0.39, 0.29) is 0 Å². The minimum absolute atomic E-state index is 0.496. The summed E-state index contributed by atoms with van der Waals surface area (Å²) in [6.07, 6.45) is 1.73. The Morgan fingerprint density at radius 1 is 1.28 bits per heavy atom. The number of hydrazone groups is 1. The van der Waals surface area contributed by atoms with Gasteiger partial charge in [0.15, 0.2) is 0 Å². The van der Waals surface area contributed by atoms with E-state index in [1.807, 2.05) is 38.2 Å². The summed E-state index contributed by atoms with van der Waals surface area (Å²) in [5.74, 6) is 2.47. The predicted molar refractivity (Wildman–Crippen MR) is 117 cm³/mol. The van der Waals surface area contributed by atoms with Gasteiger partial charge in [-0.05, 0) is 31.7 Å². The molecular weight excluding hydrogens is 368 g/mol. The number of hydrogen-bond acceptors (Lipinski definition) is 8. The first-order valence-electron chi connectivity index (χ1n) is 9.62. The van der Waals surface area contributed by atoms with Gasteiger partial charge in [0.2, 0.25) is 5.95 Å². The number of anilines is 3. The lowest BCUT2D eigenvalue weighted by Gasteiger charge is -2.32. The summed E-state index contributed by atoms with van der Waals surface area (Å²) in [6.45, 7) is 7.18. The fourth-order valence-corrected chi connectivity index (χ4v) is 3.07. The van der Waals surface area contributed by atoms with E-state index in [0.717, 1.165) is 35.9 Å². The number of likely N-dealkylation sites (N-methyl/N-ethyl adjacent to an activating group) is 1. The average Bonchev–Trinajstić information content (AvgIpc) is 2.72. The lowest BCUT2D eigenvalue weighted by molar-refractivity contribution is 0.241. The van der Waals surface area contributed by atoms with Crippen LogP contribution in [0.3, 0.4) is 0 Å². The average molecular weight is 396 g/mol. The summed E-state index contributed by atoms with van der Waals surface area (Å²) < 4.78 is 5.47. The molecule has 1 aromatic carbocycles. The molecule has 0 radical (unpaired) electrons. The van der Waals surface area contributed by atoms with Gasteiger partial charge in [0.1, 0.15) is 17.4 Å². The Balaban J connectivity index is 1.79. The molecule has 1 aromatic heterocycles. The molecule has 29 heavy (non-hydrogen) atoms. The largest absolute Gasteiger partial charge is 0.496 e. The Morgan fingerprint density at radius 3 is 2.79 bits per heavy atom. The van der Waals surface area contributed by atoms with E-state index in [0.29, 0.717) is 30.6 Å². The fraction of sp³-hybridized carbons (Fsp3) is 0.400. The lowest BCUT2D eigenvalue weighted by atomic mass is 10.2. The van der Waals surface area contributed by atoms with Gasteiger partial charge in [-0.1, -0.05) is 6.92 Å². The molecule has 0 spiro atoms. The summed E-state index contributed by atoms with van der Waals surface area (Å²) >= 11 is 0. The van der Waals surface area contributed by atoms with Crippen molar-refractivity contribution in [3.05, 3.63) is 35.5 Å². The highest BCUT2D eigenvalue weighted by molar-refractivity contribution is 5.88. The van der Waals surface area contributed by atoms with Crippen molar-refractivity contribution in [1.29, 1.82) is 5.41 Å². The van der Waals surface area contributed by atoms with Crippen molar-refractivity contribution in [2.45, 2.75) is 13.8 Å². The SMILES string of the molecule is CCN1CCN(/N=C/c2cc(Nc3nc(C)cc(NC)n3)ccc2OC)C(=N)C1. The highest BCUT2D eigenvalue weighted by Crippen LogP contribution is 2.23. The number of ether oxygens (including phenoxy) is 1. The molecule has 9 nitrogen and oxygen atoms in total. The molecule has 2 aromatic rings. The van der Waals surface area contributed by atoms with Crippen LogP contribution in [0.15, 0.2) is 29.4 Å². The number of nitrogens with zero attached hydrogens (tertiary/aromatic N) is 5. The molecule has 1 aliphatic heterocycles. The quantitative estimate of drug-likeness (QED) is 0.618. The normalized spacial score (nSPS) is 15.0. The molecule has 9 heteroatoms. The van der Waals surface area contributed by atoms with E-state index in [4.69, 9.17) is 10.1 Å². The van der Waals surface area contributed by atoms with Crippen molar-refractivity contribution < 1.29 is 4.74 Å². The summed E-state index contributed by atoms with van der Waals surface area (Å²) in [5, 5.41) is 20.7. The Hall–Kier alpha value is -3.20. The number of rotatable bonds is 7. The van der Waals surface area contributed by atoms with E-state index in [9.17, 15) is 0 Å². The standard InChI is InChI=1S/C20H28N8O/c1-5-27-8-9-28(18(21)13-27)23-12-15-11-16(6-7-17(15)29-4)25-20-24-14(2)10-19(22-3)26-20/h6-7,10-12,21H,5,8-9,13H2,1-4H3,(H2,22,24,25,26)/b21-18?,23-12+. The zero-order valence-electron chi connectivity index (χ0n) is 17.4. The van der Waals surface area contributed by atoms with Crippen LogP contribution in [0, 0.1) is 12.3 Å². The maximum atomic E-state index is 8.20. The summed E-state index contributed by atoms with van der Waals surface area (Å²) in [7, 11) is 3.45. The van der Waals surface area contributed by atoms with Crippen LogP contribution < -0.4 is 15.4 Å². The maximum absolute atomic E-state index is 8.20. The van der Waals surface area contributed by atoms with E-state index in [1.165, 1.54) is 0 Å². The molecule has 0 atom stereocenters. The van der Waals surface area contributed by atoms with Gasteiger partial charge in [0.05, 0.1) is 26.4 Å². The summed E-state index contributed by atoms with van der Waals surface area (Å²) in [4.78, 5) is 11.1. The van der Waals surface area contributed by atoms with E-state index < -0.39 is 0 Å². The van der Waals surface area contributed by atoms with Crippen molar-refractivity contribution in [2.75, 3.05) is 51.0 Å². The molecule has 1 aliphatic rings. The Bertz CT molecular complexity index is 898. The number of aryl methyl sites for hydroxylation is 1. The second-order valence-corrected chi connectivity index (χ2v) is 6.73. The monoisotopic (exact) mass is 396 g/mol. The highest BCUT2D eigenvalue weighted by Gasteiger charge is 2.19.